The highest BCUT2D eigenvalue weighted by Gasteiger charge is 2.26. The van der Waals surface area contributed by atoms with Gasteiger partial charge in [-0.2, -0.15) is 0 Å². The second-order valence-corrected chi connectivity index (χ2v) is 8.44. The Morgan fingerprint density at radius 2 is 1.73 bits per heavy atom. The van der Waals surface area contributed by atoms with Crippen molar-refractivity contribution < 1.29 is 9.59 Å². The SMILES string of the molecule is CCC(=O)Nc1ccc(N(C)C)c(CN(C(=O)c2ccccc2Cl)[C@H](C)C(C)C)c1. The van der Waals surface area contributed by atoms with E-state index in [0.717, 1.165) is 16.9 Å². The molecule has 0 aromatic heterocycles. The third-order valence-electron chi connectivity index (χ3n) is 5.33. The molecule has 0 heterocycles. The number of nitrogens with zero attached hydrogens (tertiary/aromatic N) is 2. The van der Waals surface area contributed by atoms with Crippen molar-refractivity contribution in [3.05, 3.63) is 58.6 Å². The number of anilines is 2. The highest BCUT2D eigenvalue weighted by molar-refractivity contribution is 6.33. The van der Waals surface area contributed by atoms with Gasteiger partial charge in [0.15, 0.2) is 0 Å². The van der Waals surface area contributed by atoms with Gasteiger partial charge in [0.2, 0.25) is 5.91 Å². The summed E-state index contributed by atoms with van der Waals surface area (Å²) < 4.78 is 0. The molecule has 0 aliphatic heterocycles. The molecule has 0 unspecified atom stereocenters. The van der Waals surface area contributed by atoms with Crippen LogP contribution in [0.2, 0.25) is 5.02 Å². The maximum atomic E-state index is 13.5. The van der Waals surface area contributed by atoms with E-state index in [0.29, 0.717) is 23.6 Å². The maximum Gasteiger partial charge on any atom is 0.255 e. The van der Waals surface area contributed by atoms with Crippen LogP contribution in [0.1, 0.15) is 50.0 Å². The van der Waals surface area contributed by atoms with Gasteiger partial charge in [-0.05, 0) is 48.7 Å². The quantitative estimate of drug-likeness (QED) is 0.607. The van der Waals surface area contributed by atoms with Crippen LogP contribution in [-0.4, -0.2) is 36.9 Å². The van der Waals surface area contributed by atoms with E-state index < -0.39 is 0 Å². The van der Waals surface area contributed by atoms with Crippen LogP contribution in [0.5, 0.6) is 0 Å². The van der Waals surface area contributed by atoms with Crippen molar-refractivity contribution in [3.63, 3.8) is 0 Å². The van der Waals surface area contributed by atoms with Crippen molar-refractivity contribution in [1.29, 1.82) is 0 Å². The minimum atomic E-state index is -0.102. The molecule has 0 bridgehead atoms. The molecule has 0 aliphatic rings. The summed E-state index contributed by atoms with van der Waals surface area (Å²) in [6.07, 6.45) is 0.409. The molecule has 0 fully saturated rings. The van der Waals surface area contributed by atoms with Gasteiger partial charge in [-0.25, -0.2) is 0 Å². The minimum Gasteiger partial charge on any atom is -0.377 e. The molecular formula is C24H32ClN3O2. The summed E-state index contributed by atoms with van der Waals surface area (Å²) in [5.74, 6) is 0.120. The minimum absolute atomic E-state index is 0.00215. The first-order valence-electron chi connectivity index (χ1n) is 10.3. The van der Waals surface area contributed by atoms with Gasteiger partial charge in [0.05, 0.1) is 10.6 Å². The number of amides is 2. The Hall–Kier alpha value is -2.53. The number of halogens is 1. The van der Waals surface area contributed by atoms with Crippen LogP contribution in [0.4, 0.5) is 11.4 Å². The van der Waals surface area contributed by atoms with Crippen molar-refractivity contribution in [2.75, 3.05) is 24.3 Å². The van der Waals surface area contributed by atoms with Gasteiger partial charge in [-0.3, -0.25) is 9.59 Å². The zero-order valence-electron chi connectivity index (χ0n) is 18.7. The zero-order valence-corrected chi connectivity index (χ0v) is 19.5. The molecule has 0 aliphatic carbocycles. The summed E-state index contributed by atoms with van der Waals surface area (Å²) in [4.78, 5) is 29.2. The van der Waals surface area contributed by atoms with Crippen LogP contribution in [0.3, 0.4) is 0 Å². The van der Waals surface area contributed by atoms with Gasteiger partial charge in [0.25, 0.3) is 5.91 Å². The van der Waals surface area contributed by atoms with E-state index in [4.69, 9.17) is 11.6 Å². The molecule has 0 radical (unpaired) electrons. The fraction of sp³-hybridized carbons (Fsp3) is 0.417. The number of hydrogen-bond donors (Lipinski definition) is 1. The van der Waals surface area contributed by atoms with Crippen LogP contribution in [-0.2, 0) is 11.3 Å². The fourth-order valence-corrected chi connectivity index (χ4v) is 3.43. The molecule has 1 N–H and O–H groups in total. The Kier molecular flexibility index (Phi) is 8.30. The van der Waals surface area contributed by atoms with Gasteiger partial charge in [0.1, 0.15) is 0 Å². The molecule has 2 aromatic carbocycles. The lowest BCUT2D eigenvalue weighted by molar-refractivity contribution is -0.115. The predicted molar refractivity (Wildman–Crippen MR) is 125 cm³/mol. The van der Waals surface area contributed by atoms with Gasteiger partial charge in [-0.15, -0.1) is 0 Å². The molecule has 30 heavy (non-hydrogen) atoms. The second-order valence-electron chi connectivity index (χ2n) is 8.04. The Labute approximate surface area is 185 Å². The molecular weight excluding hydrogens is 398 g/mol. The van der Waals surface area contributed by atoms with Crippen molar-refractivity contribution in [1.82, 2.24) is 4.90 Å². The number of carbonyl (C=O) groups excluding carboxylic acids is 2. The van der Waals surface area contributed by atoms with E-state index >= 15 is 0 Å². The van der Waals surface area contributed by atoms with E-state index in [2.05, 4.69) is 26.1 Å². The molecule has 2 rings (SSSR count). The number of carbonyl (C=O) groups is 2. The van der Waals surface area contributed by atoms with Crippen LogP contribution < -0.4 is 10.2 Å². The second kappa shape index (κ2) is 10.5. The normalized spacial score (nSPS) is 11.9. The van der Waals surface area contributed by atoms with E-state index in [-0.39, 0.29) is 23.8 Å². The van der Waals surface area contributed by atoms with Crippen molar-refractivity contribution in [2.24, 2.45) is 5.92 Å². The lowest BCUT2D eigenvalue weighted by Gasteiger charge is -2.33. The number of benzene rings is 2. The van der Waals surface area contributed by atoms with Crippen LogP contribution >= 0.6 is 11.6 Å². The van der Waals surface area contributed by atoms with Crippen molar-refractivity contribution >= 4 is 34.8 Å². The number of hydrogen-bond acceptors (Lipinski definition) is 3. The fourth-order valence-electron chi connectivity index (χ4n) is 3.21. The van der Waals surface area contributed by atoms with Gasteiger partial charge < -0.3 is 15.1 Å². The standard InChI is InChI=1S/C24H32ClN3O2/c1-7-23(29)26-19-12-13-22(27(5)6)18(14-19)15-28(17(4)16(2)3)24(30)20-10-8-9-11-21(20)25/h8-14,16-17H,7,15H2,1-6H3,(H,26,29)/t17-/m1/s1. The average Bonchev–Trinajstić information content (AvgIpc) is 2.71. The largest absolute Gasteiger partial charge is 0.377 e. The van der Waals surface area contributed by atoms with Gasteiger partial charge in [0, 0.05) is 44.5 Å². The van der Waals surface area contributed by atoms with Crippen molar-refractivity contribution in [2.45, 2.75) is 46.7 Å². The summed E-state index contributed by atoms with van der Waals surface area (Å²) in [6, 6.07) is 12.9. The first kappa shape index (κ1) is 23.7. The zero-order chi connectivity index (χ0) is 22.4. The smallest absolute Gasteiger partial charge is 0.255 e. The molecule has 0 saturated carbocycles. The summed E-state index contributed by atoms with van der Waals surface area (Å²) in [7, 11) is 3.93. The molecule has 6 heteroatoms. The van der Waals surface area contributed by atoms with Crippen LogP contribution in [0.25, 0.3) is 0 Å². The van der Waals surface area contributed by atoms with E-state index in [1.807, 2.05) is 61.2 Å². The molecule has 0 spiro atoms. The summed E-state index contributed by atoms with van der Waals surface area (Å²) in [5.41, 5.74) is 3.18. The van der Waals surface area contributed by atoms with Crippen molar-refractivity contribution in [3.8, 4) is 0 Å². The molecule has 1 atom stereocenters. The first-order chi connectivity index (χ1) is 14.1. The number of nitrogens with one attached hydrogen (secondary N) is 1. The lowest BCUT2D eigenvalue weighted by atomic mass is 10.0. The third-order valence-corrected chi connectivity index (χ3v) is 5.66. The topological polar surface area (TPSA) is 52.7 Å². The Balaban J connectivity index is 2.48. The van der Waals surface area contributed by atoms with E-state index in [1.54, 1.807) is 12.1 Å². The maximum absolute atomic E-state index is 13.5. The number of rotatable bonds is 8. The predicted octanol–water partition coefficient (Wildman–Crippen LogP) is 5.44. The molecule has 2 aromatic rings. The average molecular weight is 430 g/mol. The Morgan fingerprint density at radius 1 is 1.07 bits per heavy atom. The Bertz CT molecular complexity index is 896. The van der Waals surface area contributed by atoms with Crippen LogP contribution in [0, 0.1) is 5.92 Å². The van der Waals surface area contributed by atoms with E-state index in [9.17, 15) is 9.59 Å². The molecule has 162 valence electrons. The molecule has 2 amide bonds. The third kappa shape index (κ3) is 5.76. The summed E-state index contributed by atoms with van der Waals surface area (Å²) in [5, 5.41) is 3.36. The van der Waals surface area contributed by atoms with Gasteiger partial charge in [-0.1, -0.05) is 44.5 Å². The monoisotopic (exact) mass is 429 g/mol. The summed E-state index contributed by atoms with van der Waals surface area (Å²) >= 11 is 6.33. The highest BCUT2D eigenvalue weighted by atomic mass is 35.5. The summed E-state index contributed by atoms with van der Waals surface area (Å²) in [6.45, 7) is 8.48. The van der Waals surface area contributed by atoms with Crippen LogP contribution in [0.15, 0.2) is 42.5 Å². The van der Waals surface area contributed by atoms with E-state index in [1.165, 1.54) is 0 Å². The molecule has 5 nitrogen and oxygen atoms in total. The Morgan fingerprint density at radius 3 is 2.30 bits per heavy atom. The lowest BCUT2D eigenvalue weighted by Crippen LogP contribution is -2.41. The highest BCUT2D eigenvalue weighted by Crippen LogP contribution is 2.28. The molecule has 0 saturated heterocycles. The van der Waals surface area contributed by atoms with Gasteiger partial charge >= 0.3 is 0 Å². The first-order valence-corrected chi connectivity index (χ1v) is 10.7.